The van der Waals surface area contributed by atoms with Crippen LogP contribution in [0.25, 0.3) is 6.08 Å². The zero-order valence-corrected chi connectivity index (χ0v) is 11.3. The molecule has 0 unspecified atom stereocenters. The predicted octanol–water partition coefficient (Wildman–Crippen LogP) is 4.00. The second kappa shape index (κ2) is 7.27. The van der Waals surface area contributed by atoms with Crippen molar-refractivity contribution < 1.29 is 8.78 Å². The maximum Gasteiger partial charge on any atom is 0.133 e. The Morgan fingerprint density at radius 1 is 1.28 bits per heavy atom. The summed E-state index contributed by atoms with van der Waals surface area (Å²) in [5.41, 5.74) is 1.06. The average molecular weight is 253 g/mol. The van der Waals surface area contributed by atoms with E-state index in [1.165, 1.54) is 18.2 Å². The first-order valence-corrected chi connectivity index (χ1v) is 6.41. The van der Waals surface area contributed by atoms with Crippen LogP contribution in [0.2, 0.25) is 0 Å². The second-order valence-electron chi connectivity index (χ2n) is 4.69. The molecule has 0 saturated heterocycles. The molecule has 0 aliphatic rings. The lowest BCUT2D eigenvalue weighted by Crippen LogP contribution is -2.20. The molecular formula is C15H21F2N. The van der Waals surface area contributed by atoms with E-state index < -0.39 is 11.6 Å². The summed E-state index contributed by atoms with van der Waals surface area (Å²) < 4.78 is 27.1. The van der Waals surface area contributed by atoms with Gasteiger partial charge in [-0.3, -0.25) is 0 Å². The van der Waals surface area contributed by atoms with Gasteiger partial charge in [0.25, 0.3) is 0 Å². The summed E-state index contributed by atoms with van der Waals surface area (Å²) in [7, 11) is 0. The van der Waals surface area contributed by atoms with Crippen molar-refractivity contribution in [2.75, 3.05) is 13.1 Å². The molecule has 0 fully saturated rings. The lowest BCUT2D eigenvalue weighted by Gasteiger charge is -2.13. The Hall–Kier alpha value is -1.22. The first kappa shape index (κ1) is 14.8. The van der Waals surface area contributed by atoms with Crippen molar-refractivity contribution in [3.63, 3.8) is 0 Å². The Kier molecular flexibility index (Phi) is 5.99. The third-order valence-electron chi connectivity index (χ3n) is 2.83. The van der Waals surface area contributed by atoms with Crippen LogP contribution in [0, 0.1) is 17.6 Å². The first-order chi connectivity index (χ1) is 8.56. The van der Waals surface area contributed by atoms with Gasteiger partial charge in [-0.05, 0) is 37.1 Å². The van der Waals surface area contributed by atoms with Crippen LogP contribution in [0.3, 0.4) is 0 Å². The number of hydrogen-bond donors (Lipinski definition) is 1. The minimum absolute atomic E-state index is 0.0551. The van der Waals surface area contributed by atoms with E-state index in [1.807, 2.05) is 13.8 Å². The molecule has 0 spiro atoms. The normalized spacial score (nSPS) is 12.2. The van der Waals surface area contributed by atoms with Gasteiger partial charge in [0.05, 0.1) is 0 Å². The van der Waals surface area contributed by atoms with Gasteiger partial charge in [0.15, 0.2) is 0 Å². The van der Waals surface area contributed by atoms with Crippen molar-refractivity contribution in [3.05, 3.63) is 41.0 Å². The third-order valence-corrected chi connectivity index (χ3v) is 2.83. The second-order valence-corrected chi connectivity index (χ2v) is 4.69. The predicted molar refractivity (Wildman–Crippen MR) is 72.3 cm³/mol. The van der Waals surface area contributed by atoms with Crippen molar-refractivity contribution in [1.82, 2.24) is 5.32 Å². The lowest BCUT2D eigenvalue weighted by molar-refractivity contribution is 0.577. The number of halogens is 2. The van der Waals surface area contributed by atoms with E-state index in [9.17, 15) is 8.78 Å². The molecule has 100 valence electrons. The monoisotopic (exact) mass is 253 g/mol. The molecule has 0 aromatic heterocycles. The van der Waals surface area contributed by atoms with Crippen molar-refractivity contribution in [1.29, 1.82) is 0 Å². The van der Waals surface area contributed by atoms with E-state index >= 15 is 0 Å². The SMILES string of the molecule is CCCNCC(=Cc1c(F)cccc1F)C(C)C. The van der Waals surface area contributed by atoms with Crippen LogP contribution in [0.5, 0.6) is 0 Å². The maximum absolute atomic E-state index is 13.6. The Morgan fingerprint density at radius 2 is 1.89 bits per heavy atom. The van der Waals surface area contributed by atoms with Crippen LogP contribution >= 0.6 is 0 Å². The van der Waals surface area contributed by atoms with Gasteiger partial charge in [-0.15, -0.1) is 0 Å². The van der Waals surface area contributed by atoms with E-state index in [2.05, 4.69) is 12.2 Å². The highest BCUT2D eigenvalue weighted by molar-refractivity contribution is 5.55. The fraction of sp³-hybridized carbons (Fsp3) is 0.467. The van der Waals surface area contributed by atoms with Gasteiger partial charge in [-0.1, -0.05) is 32.4 Å². The van der Waals surface area contributed by atoms with Crippen LogP contribution < -0.4 is 5.32 Å². The zero-order valence-electron chi connectivity index (χ0n) is 11.3. The molecule has 1 rings (SSSR count). The topological polar surface area (TPSA) is 12.0 Å². The Morgan fingerprint density at radius 3 is 2.39 bits per heavy atom. The molecule has 1 aromatic carbocycles. The van der Waals surface area contributed by atoms with Gasteiger partial charge in [-0.2, -0.15) is 0 Å². The number of benzene rings is 1. The molecule has 0 aliphatic heterocycles. The fourth-order valence-electron chi connectivity index (χ4n) is 1.67. The third kappa shape index (κ3) is 4.22. The highest BCUT2D eigenvalue weighted by atomic mass is 19.1. The summed E-state index contributed by atoms with van der Waals surface area (Å²) >= 11 is 0. The summed E-state index contributed by atoms with van der Waals surface area (Å²) in [6.45, 7) is 7.71. The molecule has 0 aliphatic carbocycles. The number of nitrogens with one attached hydrogen (secondary N) is 1. The quantitative estimate of drug-likeness (QED) is 0.755. The van der Waals surface area contributed by atoms with Crippen molar-refractivity contribution in [3.8, 4) is 0 Å². The van der Waals surface area contributed by atoms with E-state index in [4.69, 9.17) is 0 Å². The molecule has 0 atom stereocenters. The number of rotatable bonds is 6. The standard InChI is InChI=1S/C15H21F2N/c1-4-8-18-10-12(11(2)3)9-13-14(16)6-5-7-15(13)17/h5-7,9,11,18H,4,8,10H2,1-3H3. The Labute approximate surface area is 108 Å². The molecule has 3 heteroatoms. The van der Waals surface area contributed by atoms with Gasteiger partial charge >= 0.3 is 0 Å². The molecule has 0 saturated carbocycles. The van der Waals surface area contributed by atoms with Crippen LogP contribution in [0.4, 0.5) is 8.78 Å². The molecule has 0 radical (unpaired) electrons. The largest absolute Gasteiger partial charge is 0.313 e. The van der Waals surface area contributed by atoms with Crippen LogP contribution in [0.1, 0.15) is 32.8 Å². The highest BCUT2D eigenvalue weighted by Gasteiger charge is 2.09. The molecule has 1 aromatic rings. The van der Waals surface area contributed by atoms with Crippen molar-refractivity contribution in [2.45, 2.75) is 27.2 Å². The summed E-state index contributed by atoms with van der Waals surface area (Å²) in [4.78, 5) is 0. The molecule has 0 heterocycles. The Bertz CT molecular complexity index is 391. The number of hydrogen-bond acceptors (Lipinski definition) is 1. The van der Waals surface area contributed by atoms with Gasteiger partial charge < -0.3 is 5.32 Å². The van der Waals surface area contributed by atoms with Crippen LogP contribution in [0.15, 0.2) is 23.8 Å². The Balaban J connectivity index is 2.93. The minimum Gasteiger partial charge on any atom is -0.313 e. The zero-order chi connectivity index (χ0) is 13.5. The molecule has 0 amide bonds. The van der Waals surface area contributed by atoms with Gasteiger partial charge in [0.2, 0.25) is 0 Å². The molecule has 1 nitrogen and oxygen atoms in total. The van der Waals surface area contributed by atoms with Gasteiger partial charge in [-0.25, -0.2) is 8.78 Å². The minimum atomic E-state index is -0.511. The lowest BCUT2D eigenvalue weighted by atomic mass is 9.99. The first-order valence-electron chi connectivity index (χ1n) is 6.41. The summed E-state index contributed by atoms with van der Waals surface area (Å²) in [6.07, 6.45) is 2.66. The summed E-state index contributed by atoms with van der Waals surface area (Å²) in [5.74, 6) is -0.763. The molecule has 0 bridgehead atoms. The maximum atomic E-state index is 13.6. The van der Waals surface area contributed by atoms with E-state index in [0.717, 1.165) is 18.5 Å². The smallest absolute Gasteiger partial charge is 0.133 e. The fourth-order valence-corrected chi connectivity index (χ4v) is 1.67. The van der Waals surface area contributed by atoms with E-state index in [-0.39, 0.29) is 11.5 Å². The van der Waals surface area contributed by atoms with Crippen molar-refractivity contribution in [2.24, 2.45) is 5.92 Å². The highest BCUT2D eigenvalue weighted by Crippen LogP contribution is 2.19. The van der Waals surface area contributed by atoms with Crippen LogP contribution in [-0.2, 0) is 0 Å². The molecule has 18 heavy (non-hydrogen) atoms. The summed E-state index contributed by atoms with van der Waals surface area (Å²) in [6, 6.07) is 3.95. The molecular weight excluding hydrogens is 232 g/mol. The van der Waals surface area contributed by atoms with E-state index in [0.29, 0.717) is 6.54 Å². The van der Waals surface area contributed by atoms with E-state index in [1.54, 1.807) is 6.08 Å². The average Bonchev–Trinajstić information content (AvgIpc) is 2.31. The molecule has 1 N–H and O–H groups in total. The van der Waals surface area contributed by atoms with Gasteiger partial charge in [0, 0.05) is 12.1 Å². The van der Waals surface area contributed by atoms with Crippen molar-refractivity contribution >= 4 is 6.08 Å². The van der Waals surface area contributed by atoms with Crippen LogP contribution in [-0.4, -0.2) is 13.1 Å². The summed E-state index contributed by atoms with van der Waals surface area (Å²) in [5, 5.41) is 3.26. The van der Waals surface area contributed by atoms with Gasteiger partial charge in [0.1, 0.15) is 11.6 Å².